The van der Waals surface area contributed by atoms with Gasteiger partial charge in [-0.25, -0.2) is 4.68 Å². The van der Waals surface area contributed by atoms with Gasteiger partial charge in [-0.05, 0) is 6.07 Å². The molecule has 1 aromatic heterocycles. The molecule has 1 aliphatic heterocycles. The molecule has 3 rings (SSSR count). The Morgan fingerprint density at radius 2 is 1.69 bits per heavy atom. The number of hydrogen-bond donors (Lipinski definition) is 0. The van der Waals surface area contributed by atoms with Crippen molar-refractivity contribution in [3.63, 3.8) is 0 Å². The zero-order valence-corrected chi connectivity index (χ0v) is 19.2. The van der Waals surface area contributed by atoms with E-state index in [1.807, 2.05) is 12.1 Å². The SMILES string of the molecule is COc1ccc(CN2CCN(C(=O)c3cn(CC(=O)N(C)C)nn3)CC2)c(OC)c1OC. The van der Waals surface area contributed by atoms with E-state index < -0.39 is 0 Å². The predicted octanol–water partition coefficient (Wildman–Crippen LogP) is 0.350. The van der Waals surface area contributed by atoms with Crippen molar-refractivity contribution in [2.45, 2.75) is 13.1 Å². The van der Waals surface area contributed by atoms with Gasteiger partial charge in [0.05, 0.1) is 27.5 Å². The number of carbonyl (C=O) groups is 2. The van der Waals surface area contributed by atoms with Crippen molar-refractivity contribution in [3.05, 3.63) is 29.6 Å². The molecule has 1 fully saturated rings. The Morgan fingerprint density at radius 3 is 2.28 bits per heavy atom. The molecule has 0 spiro atoms. The van der Waals surface area contributed by atoms with E-state index in [4.69, 9.17) is 14.2 Å². The number of nitrogens with zero attached hydrogens (tertiary/aromatic N) is 6. The third kappa shape index (κ3) is 5.10. The second-order valence-corrected chi connectivity index (χ2v) is 7.65. The molecule has 1 aliphatic rings. The van der Waals surface area contributed by atoms with Gasteiger partial charge in [0.15, 0.2) is 17.2 Å². The van der Waals surface area contributed by atoms with E-state index in [1.54, 1.807) is 40.3 Å². The van der Waals surface area contributed by atoms with Crippen molar-refractivity contribution >= 4 is 11.8 Å². The Morgan fingerprint density at radius 1 is 1.00 bits per heavy atom. The van der Waals surface area contributed by atoms with Gasteiger partial charge in [-0.3, -0.25) is 14.5 Å². The van der Waals surface area contributed by atoms with Crippen molar-refractivity contribution in [1.82, 2.24) is 29.7 Å². The van der Waals surface area contributed by atoms with E-state index in [0.29, 0.717) is 50.0 Å². The van der Waals surface area contributed by atoms with Crippen LogP contribution in [0.4, 0.5) is 0 Å². The standard InChI is InChI=1S/C21H30N6O5/c1-24(2)18(28)14-27-13-16(22-23-27)21(29)26-10-8-25(9-11-26)12-15-6-7-17(30-3)20(32-5)19(15)31-4/h6-7,13H,8-12,14H2,1-5H3. The molecule has 2 heterocycles. The van der Waals surface area contributed by atoms with E-state index in [2.05, 4.69) is 15.2 Å². The Balaban J connectivity index is 1.59. The van der Waals surface area contributed by atoms with Crippen LogP contribution < -0.4 is 14.2 Å². The lowest BCUT2D eigenvalue weighted by Crippen LogP contribution is -2.48. The summed E-state index contributed by atoms with van der Waals surface area (Å²) in [6.45, 7) is 3.26. The summed E-state index contributed by atoms with van der Waals surface area (Å²) < 4.78 is 17.8. The zero-order chi connectivity index (χ0) is 23.3. The van der Waals surface area contributed by atoms with Crippen molar-refractivity contribution in [1.29, 1.82) is 0 Å². The smallest absolute Gasteiger partial charge is 0.276 e. The lowest BCUT2D eigenvalue weighted by molar-refractivity contribution is -0.129. The maximum absolute atomic E-state index is 12.8. The number of aromatic nitrogens is 3. The second-order valence-electron chi connectivity index (χ2n) is 7.65. The van der Waals surface area contributed by atoms with Crippen LogP contribution in [0.5, 0.6) is 17.2 Å². The van der Waals surface area contributed by atoms with Gasteiger partial charge in [0.2, 0.25) is 11.7 Å². The normalized spacial score (nSPS) is 14.2. The molecule has 0 unspecified atom stereocenters. The zero-order valence-electron chi connectivity index (χ0n) is 19.2. The minimum Gasteiger partial charge on any atom is -0.493 e. The summed E-state index contributed by atoms with van der Waals surface area (Å²) in [5, 5.41) is 7.84. The van der Waals surface area contributed by atoms with Crippen molar-refractivity contribution < 1.29 is 23.8 Å². The Labute approximate surface area is 187 Å². The second kappa shape index (κ2) is 10.3. The molecule has 0 atom stereocenters. The maximum atomic E-state index is 12.8. The highest BCUT2D eigenvalue weighted by Gasteiger charge is 2.26. The molecule has 2 amide bonds. The summed E-state index contributed by atoms with van der Waals surface area (Å²) in [7, 11) is 8.12. The van der Waals surface area contributed by atoms with Gasteiger partial charge >= 0.3 is 0 Å². The Kier molecular flexibility index (Phi) is 7.52. The molecule has 1 saturated heterocycles. The van der Waals surface area contributed by atoms with Crippen LogP contribution in [-0.4, -0.2) is 103 Å². The van der Waals surface area contributed by atoms with Gasteiger partial charge in [-0.15, -0.1) is 5.10 Å². The topological polar surface area (TPSA) is 102 Å². The van der Waals surface area contributed by atoms with Gasteiger partial charge in [0.1, 0.15) is 6.54 Å². The number of hydrogen-bond acceptors (Lipinski definition) is 8. The van der Waals surface area contributed by atoms with Crippen LogP contribution in [0.3, 0.4) is 0 Å². The average molecular weight is 447 g/mol. The van der Waals surface area contributed by atoms with E-state index in [1.165, 1.54) is 15.8 Å². The first-order valence-corrected chi connectivity index (χ1v) is 10.3. The quantitative estimate of drug-likeness (QED) is 0.573. The van der Waals surface area contributed by atoms with Gasteiger partial charge < -0.3 is 24.0 Å². The molecule has 11 heteroatoms. The number of benzene rings is 1. The summed E-state index contributed by atoms with van der Waals surface area (Å²) in [5.74, 6) is 1.53. The fourth-order valence-corrected chi connectivity index (χ4v) is 3.55. The van der Waals surface area contributed by atoms with Crippen LogP contribution in [0.1, 0.15) is 16.1 Å². The third-order valence-corrected chi connectivity index (χ3v) is 5.39. The first kappa shape index (κ1) is 23.3. The molecular formula is C21H30N6O5. The number of carbonyl (C=O) groups excluding carboxylic acids is 2. The molecule has 0 saturated carbocycles. The Hall–Kier alpha value is -3.34. The number of rotatable bonds is 8. The van der Waals surface area contributed by atoms with E-state index in [9.17, 15) is 9.59 Å². The number of amides is 2. The van der Waals surface area contributed by atoms with E-state index >= 15 is 0 Å². The minimum absolute atomic E-state index is 0.0498. The summed E-state index contributed by atoms with van der Waals surface area (Å²) in [4.78, 5) is 30.1. The van der Waals surface area contributed by atoms with Crippen LogP contribution in [-0.2, 0) is 17.9 Å². The molecular weight excluding hydrogens is 416 g/mol. The molecule has 32 heavy (non-hydrogen) atoms. The largest absolute Gasteiger partial charge is 0.493 e. The van der Waals surface area contributed by atoms with E-state index in [-0.39, 0.29) is 24.1 Å². The molecule has 0 radical (unpaired) electrons. The number of likely N-dealkylation sites (N-methyl/N-ethyl adjacent to an activating group) is 1. The van der Waals surface area contributed by atoms with E-state index in [0.717, 1.165) is 5.56 Å². The summed E-state index contributed by atoms with van der Waals surface area (Å²) in [5.41, 5.74) is 1.23. The average Bonchev–Trinajstić information content (AvgIpc) is 3.26. The maximum Gasteiger partial charge on any atom is 0.276 e. The molecule has 0 bridgehead atoms. The molecule has 2 aromatic rings. The first-order chi connectivity index (χ1) is 15.4. The molecule has 11 nitrogen and oxygen atoms in total. The number of piperazine rings is 1. The molecule has 0 aliphatic carbocycles. The fourth-order valence-electron chi connectivity index (χ4n) is 3.55. The summed E-state index contributed by atoms with van der Waals surface area (Å²) in [6.07, 6.45) is 1.52. The predicted molar refractivity (Wildman–Crippen MR) is 116 cm³/mol. The van der Waals surface area contributed by atoms with Gasteiger partial charge in [-0.2, -0.15) is 0 Å². The molecule has 0 N–H and O–H groups in total. The number of ether oxygens (including phenoxy) is 3. The monoisotopic (exact) mass is 446 g/mol. The fraction of sp³-hybridized carbons (Fsp3) is 0.524. The van der Waals surface area contributed by atoms with Gasteiger partial charge in [0.25, 0.3) is 5.91 Å². The Bertz CT molecular complexity index is 952. The van der Waals surface area contributed by atoms with Crippen molar-refractivity contribution in [3.8, 4) is 17.2 Å². The van der Waals surface area contributed by atoms with Crippen LogP contribution >= 0.6 is 0 Å². The lowest BCUT2D eigenvalue weighted by Gasteiger charge is -2.34. The van der Waals surface area contributed by atoms with Gasteiger partial charge in [-0.1, -0.05) is 11.3 Å². The number of methoxy groups -OCH3 is 3. The highest BCUT2D eigenvalue weighted by molar-refractivity contribution is 5.92. The molecule has 1 aromatic carbocycles. The first-order valence-electron chi connectivity index (χ1n) is 10.3. The van der Waals surface area contributed by atoms with Crippen molar-refractivity contribution in [2.75, 3.05) is 61.6 Å². The van der Waals surface area contributed by atoms with Crippen LogP contribution in [0.2, 0.25) is 0 Å². The molecule has 174 valence electrons. The van der Waals surface area contributed by atoms with Crippen LogP contribution in [0, 0.1) is 0 Å². The minimum atomic E-state index is -0.183. The summed E-state index contributed by atoms with van der Waals surface area (Å²) >= 11 is 0. The lowest BCUT2D eigenvalue weighted by atomic mass is 10.1. The summed E-state index contributed by atoms with van der Waals surface area (Å²) in [6, 6.07) is 3.83. The van der Waals surface area contributed by atoms with Crippen LogP contribution in [0.25, 0.3) is 0 Å². The van der Waals surface area contributed by atoms with Crippen molar-refractivity contribution in [2.24, 2.45) is 0 Å². The van der Waals surface area contributed by atoms with Crippen LogP contribution in [0.15, 0.2) is 18.3 Å². The van der Waals surface area contributed by atoms with Gasteiger partial charge in [0, 0.05) is 52.4 Å². The third-order valence-electron chi connectivity index (χ3n) is 5.39. The highest BCUT2D eigenvalue weighted by atomic mass is 16.5. The highest BCUT2D eigenvalue weighted by Crippen LogP contribution is 2.40.